The molecule has 2 aromatic carbocycles. The lowest BCUT2D eigenvalue weighted by Gasteiger charge is -2.34. The van der Waals surface area contributed by atoms with Gasteiger partial charge < -0.3 is 9.53 Å². The van der Waals surface area contributed by atoms with E-state index in [9.17, 15) is 4.79 Å². The molecule has 1 aliphatic carbocycles. The van der Waals surface area contributed by atoms with Crippen LogP contribution in [0, 0.1) is 12.3 Å². The minimum Gasteiger partial charge on any atom is -0.381 e. The first kappa shape index (κ1) is 39.3. The molecule has 0 radical (unpaired) electrons. The standard InChI is InChI=1S/C45H70O2/c1-14-21-45(22-16-25-46,24-27-47-26-15-17-35-28-37-33(3)41(37)40(31-35)44(11,12)13)23-20-32(2)18-19-36-29-38(42(5,6)7)34(4)39(30-36)43(8,9)10/h25,28-31,33H,2,14-24,26-27H2,1,3-13H3. The molecule has 0 aliphatic heterocycles. The maximum absolute atomic E-state index is 11.5. The van der Waals surface area contributed by atoms with Gasteiger partial charge in [0.1, 0.15) is 6.29 Å². The van der Waals surface area contributed by atoms with Gasteiger partial charge in [-0.05, 0) is 131 Å². The van der Waals surface area contributed by atoms with Gasteiger partial charge in [0.2, 0.25) is 0 Å². The Hall–Kier alpha value is -2.19. The van der Waals surface area contributed by atoms with E-state index < -0.39 is 0 Å². The maximum atomic E-state index is 11.5. The highest BCUT2D eigenvalue weighted by molar-refractivity contribution is 5.60. The molecule has 2 heteroatoms. The molecule has 0 saturated carbocycles. The van der Waals surface area contributed by atoms with Gasteiger partial charge in [-0.25, -0.2) is 0 Å². The van der Waals surface area contributed by atoms with Crippen LogP contribution in [0.2, 0.25) is 0 Å². The average Bonchev–Trinajstić information content (AvgIpc) is 3.62. The van der Waals surface area contributed by atoms with E-state index in [2.05, 4.69) is 114 Å². The van der Waals surface area contributed by atoms with E-state index in [0.717, 1.165) is 83.7 Å². The van der Waals surface area contributed by atoms with Crippen LogP contribution in [-0.2, 0) is 38.6 Å². The Balaban J connectivity index is 1.56. The second kappa shape index (κ2) is 16.0. The lowest BCUT2D eigenvalue weighted by molar-refractivity contribution is -0.108. The van der Waals surface area contributed by atoms with Crippen molar-refractivity contribution in [1.29, 1.82) is 0 Å². The Kier molecular flexibility index (Phi) is 13.4. The van der Waals surface area contributed by atoms with E-state index in [1.54, 1.807) is 11.1 Å². The molecule has 0 amide bonds. The van der Waals surface area contributed by atoms with Crippen molar-refractivity contribution in [2.75, 3.05) is 13.2 Å². The van der Waals surface area contributed by atoms with E-state index >= 15 is 0 Å². The van der Waals surface area contributed by atoms with Crippen LogP contribution in [0.3, 0.4) is 0 Å². The summed E-state index contributed by atoms with van der Waals surface area (Å²) in [5, 5.41) is 0. The van der Waals surface area contributed by atoms with Crippen LogP contribution in [0.5, 0.6) is 0 Å². The summed E-state index contributed by atoms with van der Waals surface area (Å²) >= 11 is 0. The Morgan fingerprint density at radius 3 is 1.89 bits per heavy atom. The van der Waals surface area contributed by atoms with Gasteiger partial charge in [0.25, 0.3) is 0 Å². The Bertz CT molecular complexity index is 1320. The number of aldehydes is 1. The molecular formula is C45H70O2. The van der Waals surface area contributed by atoms with Crippen molar-refractivity contribution in [3.05, 3.63) is 80.9 Å². The SMILES string of the molecule is C=C(CCc1cc(C(C)(C)C)c(C)c(C(C)(C)C)c1)CCC(CCC)(CCC=O)CCOCCCc1cc2c(c(C(C)(C)C)c1)C2C. The predicted octanol–water partition coefficient (Wildman–Crippen LogP) is 12.4. The molecule has 47 heavy (non-hydrogen) atoms. The Morgan fingerprint density at radius 1 is 0.766 bits per heavy atom. The Morgan fingerprint density at radius 2 is 1.34 bits per heavy atom. The quantitative estimate of drug-likeness (QED) is 0.0918. The van der Waals surface area contributed by atoms with Gasteiger partial charge in [0.05, 0.1) is 0 Å². The fraction of sp³-hybridized carbons (Fsp3) is 0.667. The molecule has 262 valence electrons. The zero-order chi connectivity index (χ0) is 35.2. The second-order valence-corrected chi connectivity index (χ2v) is 18.1. The zero-order valence-corrected chi connectivity index (χ0v) is 32.7. The zero-order valence-electron chi connectivity index (χ0n) is 32.7. The first-order chi connectivity index (χ1) is 21.8. The normalized spacial score (nSPS) is 16.1. The summed E-state index contributed by atoms with van der Waals surface area (Å²) in [6.45, 7) is 34.0. The highest BCUT2D eigenvalue weighted by Crippen LogP contribution is 2.49. The van der Waals surface area contributed by atoms with E-state index in [0.29, 0.717) is 12.3 Å². The number of rotatable bonds is 18. The number of benzene rings is 2. The minimum absolute atomic E-state index is 0.120. The third-order valence-corrected chi connectivity index (χ3v) is 10.9. The summed E-state index contributed by atoms with van der Waals surface area (Å²) in [7, 11) is 0. The number of hydrogen-bond acceptors (Lipinski definition) is 2. The fourth-order valence-corrected chi connectivity index (χ4v) is 8.00. The molecule has 0 fully saturated rings. The summed E-state index contributed by atoms with van der Waals surface area (Å²) in [4.78, 5) is 11.5. The minimum atomic E-state index is 0.120. The summed E-state index contributed by atoms with van der Waals surface area (Å²) in [6.07, 6.45) is 12.3. The average molecular weight is 643 g/mol. The third kappa shape index (κ3) is 10.9. The topological polar surface area (TPSA) is 26.3 Å². The van der Waals surface area contributed by atoms with Crippen LogP contribution in [-0.4, -0.2) is 19.5 Å². The molecule has 2 nitrogen and oxygen atoms in total. The van der Waals surface area contributed by atoms with Crippen molar-refractivity contribution in [2.24, 2.45) is 5.41 Å². The van der Waals surface area contributed by atoms with Crippen molar-refractivity contribution < 1.29 is 9.53 Å². The molecule has 0 saturated heterocycles. The van der Waals surface area contributed by atoms with E-state index in [4.69, 9.17) is 4.74 Å². The molecule has 2 aromatic rings. The number of ether oxygens (including phenoxy) is 1. The van der Waals surface area contributed by atoms with Gasteiger partial charge in [-0.2, -0.15) is 0 Å². The molecule has 2 atom stereocenters. The van der Waals surface area contributed by atoms with Crippen LogP contribution in [0.25, 0.3) is 0 Å². The monoisotopic (exact) mass is 643 g/mol. The van der Waals surface area contributed by atoms with Crippen LogP contribution >= 0.6 is 0 Å². The highest BCUT2D eigenvalue weighted by atomic mass is 16.5. The van der Waals surface area contributed by atoms with Crippen molar-refractivity contribution in [3.8, 4) is 0 Å². The van der Waals surface area contributed by atoms with Crippen LogP contribution in [0.4, 0.5) is 0 Å². The number of aryl methyl sites for hydroxylation is 2. The van der Waals surface area contributed by atoms with Gasteiger partial charge in [-0.15, -0.1) is 0 Å². The summed E-state index contributed by atoms with van der Waals surface area (Å²) in [5.41, 5.74) is 13.8. The molecule has 2 unspecified atom stereocenters. The summed E-state index contributed by atoms with van der Waals surface area (Å²) < 4.78 is 6.29. The molecule has 0 N–H and O–H groups in total. The number of carbonyl (C=O) groups is 1. The summed E-state index contributed by atoms with van der Waals surface area (Å²) in [6, 6.07) is 9.78. The second-order valence-electron chi connectivity index (χ2n) is 18.1. The lowest BCUT2D eigenvalue weighted by atomic mass is 9.72. The summed E-state index contributed by atoms with van der Waals surface area (Å²) in [5.74, 6) is 0.633. The van der Waals surface area contributed by atoms with Crippen molar-refractivity contribution >= 4 is 6.29 Å². The molecule has 0 bridgehead atoms. The van der Waals surface area contributed by atoms with Crippen molar-refractivity contribution in [2.45, 2.75) is 176 Å². The highest BCUT2D eigenvalue weighted by Gasteiger charge is 2.35. The first-order valence-electron chi connectivity index (χ1n) is 18.8. The smallest absolute Gasteiger partial charge is 0.120 e. The molecular weight excluding hydrogens is 572 g/mol. The van der Waals surface area contributed by atoms with Crippen LogP contribution < -0.4 is 0 Å². The molecule has 1 aliphatic rings. The molecule has 0 spiro atoms. The number of allylic oxidation sites excluding steroid dienone is 1. The maximum Gasteiger partial charge on any atom is 0.120 e. The molecule has 0 aromatic heterocycles. The number of carbonyl (C=O) groups excluding carboxylic acids is 1. The van der Waals surface area contributed by atoms with Crippen LogP contribution in [0.15, 0.2) is 36.4 Å². The van der Waals surface area contributed by atoms with Gasteiger partial charge >= 0.3 is 0 Å². The largest absolute Gasteiger partial charge is 0.381 e. The van der Waals surface area contributed by atoms with E-state index in [1.165, 1.54) is 39.0 Å². The first-order valence-corrected chi connectivity index (χ1v) is 18.8. The predicted molar refractivity (Wildman–Crippen MR) is 204 cm³/mol. The van der Waals surface area contributed by atoms with Gasteiger partial charge in [0, 0.05) is 25.6 Å². The van der Waals surface area contributed by atoms with Crippen molar-refractivity contribution in [3.63, 3.8) is 0 Å². The lowest BCUT2D eigenvalue weighted by Crippen LogP contribution is -2.24. The number of hydrogen-bond donors (Lipinski definition) is 0. The van der Waals surface area contributed by atoms with Crippen LogP contribution in [0.1, 0.15) is 184 Å². The Labute approximate surface area is 290 Å². The van der Waals surface area contributed by atoms with Crippen molar-refractivity contribution in [1.82, 2.24) is 0 Å². The molecule has 3 rings (SSSR count). The number of fused-ring (bicyclic) bond motifs is 1. The van der Waals surface area contributed by atoms with Gasteiger partial charge in [0.15, 0.2) is 0 Å². The van der Waals surface area contributed by atoms with Gasteiger partial charge in [-0.3, -0.25) is 0 Å². The van der Waals surface area contributed by atoms with E-state index in [1.807, 2.05) is 0 Å². The third-order valence-electron chi connectivity index (χ3n) is 10.9. The molecule has 0 heterocycles. The fourth-order valence-electron chi connectivity index (χ4n) is 8.00. The van der Waals surface area contributed by atoms with Gasteiger partial charge in [-0.1, -0.05) is 119 Å². The van der Waals surface area contributed by atoms with E-state index in [-0.39, 0.29) is 21.7 Å².